The molecule has 0 unspecified atom stereocenters. The van der Waals surface area contributed by atoms with Crippen LogP contribution in [-0.4, -0.2) is 41.3 Å². The Morgan fingerprint density at radius 3 is 2.67 bits per heavy atom. The molecule has 0 aromatic carbocycles. The van der Waals surface area contributed by atoms with Gasteiger partial charge in [0.2, 0.25) is 5.88 Å². The lowest BCUT2D eigenvalue weighted by Crippen LogP contribution is -2.35. The van der Waals surface area contributed by atoms with E-state index in [2.05, 4.69) is 22.1 Å². The lowest BCUT2D eigenvalue weighted by molar-refractivity contribution is 0.109. The molecule has 0 spiro atoms. The molecule has 0 radical (unpaired) electrons. The van der Waals surface area contributed by atoms with Crippen molar-refractivity contribution >= 4 is 11.6 Å². The zero-order valence-electron chi connectivity index (χ0n) is 8.69. The molecule has 0 aliphatic carbocycles. The molecule has 1 aliphatic rings. The van der Waals surface area contributed by atoms with E-state index in [1.165, 1.54) is 0 Å². The van der Waals surface area contributed by atoms with Crippen LogP contribution in [0.15, 0.2) is 12.1 Å². The first-order valence-electron chi connectivity index (χ1n) is 5.08. The van der Waals surface area contributed by atoms with Crippen LogP contribution in [0.3, 0.4) is 0 Å². The van der Waals surface area contributed by atoms with E-state index < -0.39 is 0 Å². The molecule has 0 N–H and O–H groups in total. The van der Waals surface area contributed by atoms with Crippen LogP contribution in [0, 0.1) is 0 Å². The second kappa shape index (κ2) is 4.77. The third-order valence-corrected chi connectivity index (χ3v) is 2.76. The Labute approximate surface area is 94.2 Å². The highest BCUT2D eigenvalue weighted by atomic mass is 35.5. The normalized spacial score (nSPS) is 19.1. The van der Waals surface area contributed by atoms with Gasteiger partial charge in [-0.15, -0.1) is 10.2 Å². The second-order valence-corrected chi connectivity index (χ2v) is 4.20. The average molecular weight is 228 g/mol. The first kappa shape index (κ1) is 10.6. The number of likely N-dealkylation sites (tertiary alicyclic amines) is 1. The van der Waals surface area contributed by atoms with Gasteiger partial charge in [0.25, 0.3) is 0 Å². The molecule has 1 aromatic rings. The predicted molar refractivity (Wildman–Crippen MR) is 58.2 cm³/mol. The van der Waals surface area contributed by atoms with Crippen molar-refractivity contribution in [1.29, 1.82) is 0 Å². The van der Waals surface area contributed by atoms with E-state index in [9.17, 15) is 0 Å². The fraction of sp³-hybridized carbons (Fsp3) is 0.600. The molecule has 2 rings (SSSR count). The quantitative estimate of drug-likeness (QED) is 0.770. The van der Waals surface area contributed by atoms with E-state index in [4.69, 9.17) is 16.3 Å². The largest absolute Gasteiger partial charge is 0.473 e. The number of hydrogen-bond acceptors (Lipinski definition) is 4. The van der Waals surface area contributed by atoms with Gasteiger partial charge in [-0.2, -0.15) is 0 Å². The molecule has 1 saturated heterocycles. The van der Waals surface area contributed by atoms with Crippen LogP contribution in [0.1, 0.15) is 12.8 Å². The van der Waals surface area contributed by atoms with E-state index >= 15 is 0 Å². The maximum Gasteiger partial charge on any atom is 0.233 e. The fourth-order valence-corrected chi connectivity index (χ4v) is 1.74. The molecule has 4 nitrogen and oxygen atoms in total. The Bertz CT molecular complexity index is 309. The van der Waals surface area contributed by atoms with Gasteiger partial charge in [0.1, 0.15) is 6.10 Å². The first-order valence-corrected chi connectivity index (χ1v) is 5.46. The molecule has 0 saturated carbocycles. The molecular weight excluding hydrogens is 214 g/mol. The third kappa shape index (κ3) is 3.04. The summed E-state index contributed by atoms with van der Waals surface area (Å²) >= 11 is 5.64. The van der Waals surface area contributed by atoms with Gasteiger partial charge in [0, 0.05) is 19.2 Å². The molecule has 5 heteroatoms. The standard InChI is InChI=1S/C10H14ClN3O/c1-14-6-4-8(5-7-14)15-10-3-2-9(11)12-13-10/h2-3,8H,4-7H2,1H3. The van der Waals surface area contributed by atoms with Crippen LogP contribution < -0.4 is 4.74 Å². The van der Waals surface area contributed by atoms with E-state index in [1.54, 1.807) is 12.1 Å². The number of hydrogen-bond donors (Lipinski definition) is 0. The summed E-state index contributed by atoms with van der Waals surface area (Å²) in [6.45, 7) is 2.15. The summed E-state index contributed by atoms with van der Waals surface area (Å²) in [5, 5.41) is 8.01. The zero-order valence-corrected chi connectivity index (χ0v) is 9.44. The Balaban J connectivity index is 1.89. The van der Waals surface area contributed by atoms with Crippen molar-refractivity contribution in [2.24, 2.45) is 0 Å². The smallest absolute Gasteiger partial charge is 0.233 e. The van der Waals surface area contributed by atoms with E-state index in [0.29, 0.717) is 11.0 Å². The van der Waals surface area contributed by atoms with Gasteiger partial charge in [0.05, 0.1) is 0 Å². The molecule has 0 amide bonds. The molecule has 1 aliphatic heterocycles. The number of nitrogens with zero attached hydrogens (tertiary/aromatic N) is 3. The van der Waals surface area contributed by atoms with Gasteiger partial charge in [-0.25, -0.2) is 0 Å². The predicted octanol–water partition coefficient (Wildman–Crippen LogP) is 1.60. The number of ether oxygens (including phenoxy) is 1. The van der Waals surface area contributed by atoms with Gasteiger partial charge in [-0.1, -0.05) is 11.6 Å². The Morgan fingerprint density at radius 2 is 2.07 bits per heavy atom. The summed E-state index contributed by atoms with van der Waals surface area (Å²) in [5.74, 6) is 0.564. The van der Waals surface area contributed by atoms with Crippen molar-refractivity contribution in [2.45, 2.75) is 18.9 Å². The Hall–Kier alpha value is -0.870. The van der Waals surface area contributed by atoms with Crippen LogP contribution in [0.5, 0.6) is 5.88 Å². The van der Waals surface area contributed by atoms with Gasteiger partial charge < -0.3 is 9.64 Å². The average Bonchev–Trinajstić information content (AvgIpc) is 2.25. The Morgan fingerprint density at radius 1 is 1.33 bits per heavy atom. The zero-order chi connectivity index (χ0) is 10.7. The van der Waals surface area contributed by atoms with Gasteiger partial charge in [-0.05, 0) is 26.0 Å². The number of aromatic nitrogens is 2. The Kier molecular flexibility index (Phi) is 3.38. The SMILES string of the molecule is CN1CCC(Oc2ccc(Cl)nn2)CC1. The van der Waals surface area contributed by atoms with Crippen LogP contribution in [0.2, 0.25) is 5.15 Å². The second-order valence-electron chi connectivity index (χ2n) is 3.81. The van der Waals surface area contributed by atoms with Crippen molar-refractivity contribution < 1.29 is 4.74 Å². The topological polar surface area (TPSA) is 38.2 Å². The molecule has 15 heavy (non-hydrogen) atoms. The summed E-state index contributed by atoms with van der Waals surface area (Å²) in [6.07, 6.45) is 2.35. The van der Waals surface area contributed by atoms with Gasteiger partial charge >= 0.3 is 0 Å². The summed E-state index contributed by atoms with van der Waals surface area (Å²) in [4.78, 5) is 2.30. The molecule has 0 atom stereocenters. The lowest BCUT2D eigenvalue weighted by Gasteiger charge is -2.28. The monoisotopic (exact) mass is 227 g/mol. The number of halogens is 1. The van der Waals surface area contributed by atoms with E-state index in [1.807, 2.05) is 0 Å². The van der Waals surface area contributed by atoms with Crippen LogP contribution in [0.4, 0.5) is 0 Å². The highest BCUT2D eigenvalue weighted by Gasteiger charge is 2.18. The number of piperidine rings is 1. The molecule has 0 bridgehead atoms. The van der Waals surface area contributed by atoms with Crippen molar-refractivity contribution in [3.8, 4) is 5.88 Å². The minimum Gasteiger partial charge on any atom is -0.473 e. The van der Waals surface area contributed by atoms with Crippen LogP contribution >= 0.6 is 11.6 Å². The fourth-order valence-electron chi connectivity index (χ4n) is 1.64. The lowest BCUT2D eigenvalue weighted by atomic mass is 10.1. The summed E-state index contributed by atoms with van der Waals surface area (Å²) in [5.41, 5.74) is 0. The first-order chi connectivity index (χ1) is 7.24. The van der Waals surface area contributed by atoms with Crippen LogP contribution in [0.25, 0.3) is 0 Å². The highest BCUT2D eigenvalue weighted by molar-refractivity contribution is 6.29. The summed E-state index contributed by atoms with van der Waals surface area (Å²) < 4.78 is 5.70. The van der Waals surface area contributed by atoms with Crippen molar-refractivity contribution in [3.63, 3.8) is 0 Å². The van der Waals surface area contributed by atoms with Gasteiger partial charge in [-0.3, -0.25) is 0 Å². The molecule has 82 valence electrons. The van der Waals surface area contributed by atoms with Crippen LogP contribution in [-0.2, 0) is 0 Å². The third-order valence-electron chi connectivity index (χ3n) is 2.56. The summed E-state index contributed by atoms with van der Waals surface area (Å²) in [7, 11) is 2.12. The number of rotatable bonds is 2. The minimum atomic E-state index is 0.261. The molecule has 2 heterocycles. The van der Waals surface area contributed by atoms with Crippen molar-refractivity contribution in [1.82, 2.24) is 15.1 Å². The molecular formula is C10H14ClN3O. The van der Waals surface area contributed by atoms with Crippen molar-refractivity contribution in [2.75, 3.05) is 20.1 Å². The summed E-state index contributed by atoms with van der Waals surface area (Å²) in [6, 6.07) is 3.45. The maximum atomic E-state index is 5.70. The van der Waals surface area contributed by atoms with E-state index in [-0.39, 0.29) is 6.10 Å². The molecule has 1 fully saturated rings. The molecule has 1 aromatic heterocycles. The van der Waals surface area contributed by atoms with E-state index in [0.717, 1.165) is 25.9 Å². The highest BCUT2D eigenvalue weighted by Crippen LogP contribution is 2.16. The maximum absolute atomic E-state index is 5.70. The minimum absolute atomic E-state index is 0.261. The van der Waals surface area contributed by atoms with Crippen molar-refractivity contribution in [3.05, 3.63) is 17.3 Å². The van der Waals surface area contributed by atoms with Gasteiger partial charge in [0.15, 0.2) is 5.15 Å².